The third-order valence-electron chi connectivity index (χ3n) is 4.86. The molecule has 0 aliphatic rings. The lowest BCUT2D eigenvalue weighted by Gasteiger charge is -2.03. The summed E-state index contributed by atoms with van der Waals surface area (Å²) >= 11 is 0. The molecule has 3 N–H and O–H groups in total. The minimum Gasteiger partial charge on any atom is -0.366 e. The molecular formula is C22H17N7O. The zero-order valence-electron chi connectivity index (χ0n) is 16.1. The highest BCUT2D eigenvalue weighted by Gasteiger charge is 2.18. The smallest absolute Gasteiger partial charge is 0.248 e. The number of aromatic amines is 1. The number of amides is 1. The minimum absolute atomic E-state index is 0.448. The van der Waals surface area contributed by atoms with Gasteiger partial charge in [0.15, 0.2) is 0 Å². The van der Waals surface area contributed by atoms with Gasteiger partial charge < -0.3 is 10.7 Å². The van der Waals surface area contributed by atoms with E-state index in [0.717, 1.165) is 39.2 Å². The van der Waals surface area contributed by atoms with Crippen molar-refractivity contribution >= 4 is 16.9 Å². The monoisotopic (exact) mass is 395 g/mol. The number of H-pyrrole nitrogens is 1. The summed E-state index contributed by atoms with van der Waals surface area (Å²) in [7, 11) is 1.87. The Morgan fingerprint density at radius 2 is 1.70 bits per heavy atom. The molecule has 0 atom stereocenters. The molecule has 0 bridgehead atoms. The first-order chi connectivity index (χ1) is 14.6. The number of hydrogen-bond donors (Lipinski definition) is 2. The summed E-state index contributed by atoms with van der Waals surface area (Å²) in [6, 6.07) is 14.8. The zero-order chi connectivity index (χ0) is 20.7. The van der Waals surface area contributed by atoms with Gasteiger partial charge in [-0.1, -0.05) is 18.2 Å². The molecule has 8 nitrogen and oxygen atoms in total. The lowest BCUT2D eigenvalue weighted by Crippen LogP contribution is -2.10. The second-order valence-corrected chi connectivity index (χ2v) is 6.89. The summed E-state index contributed by atoms with van der Waals surface area (Å²) in [5.41, 5.74) is 11.5. The normalized spacial score (nSPS) is 11.1. The maximum Gasteiger partial charge on any atom is 0.248 e. The van der Waals surface area contributed by atoms with E-state index in [1.165, 1.54) is 0 Å². The number of nitrogens with two attached hydrogens (primary N) is 1. The summed E-state index contributed by atoms with van der Waals surface area (Å²) < 4.78 is 1.74. The van der Waals surface area contributed by atoms with E-state index in [-0.39, 0.29) is 0 Å². The Morgan fingerprint density at radius 1 is 0.967 bits per heavy atom. The van der Waals surface area contributed by atoms with Crippen LogP contribution in [0, 0.1) is 0 Å². The van der Waals surface area contributed by atoms with Crippen molar-refractivity contribution in [2.24, 2.45) is 12.8 Å². The highest BCUT2D eigenvalue weighted by atomic mass is 16.1. The molecule has 0 fully saturated rings. The summed E-state index contributed by atoms with van der Waals surface area (Å²) in [4.78, 5) is 28.3. The Bertz CT molecular complexity index is 1380. The van der Waals surface area contributed by atoms with Gasteiger partial charge in [0, 0.05) is 42.3 Å². The SMILES string of the molecule is Cn1ccc(-c2nc(-c3ccc(C(N)=O)cc3)[nH]c2-c2ccc3nccnc3c2)n1. The average molecular weight is 395 g/mol. The second-order valence-electron chi connectivity index (χ2n) is 6.89. The molecule has 1 amide bonds. The van der Waals surface area contributed by atoms with Gasteiger partial charge in [-0.2, -0.15) is 5.10 Å². The molecule has 8 heteroatoms. The van der Waals surface area contributed by atoms with Gasteiger partial charge in [-0.25, -0.2) is 4.98 Å². The number of primary amides is 1. The van der Waals surface area contributed by atoms with Crippen LogP contribution in [0.1, 0.15) is 10.4 Å². The molecule has 0 saturated carbocycles. The molecule has 0 radical (unpaired) electrons. The van der Waals surface area contributed by atoms with Crippen LogP contribution >= 0.6 is 0 Å². The van der Waals surface area contributed by atoms with Crippen LogP contribution in [0.4, 0.5) is 0 Å². The fraction of sp³-hybridized carbons (Fsp3) is 0.0455. The number of rotatable bonds is 4. The first-order valence-electron chi connectivity index (χ1n) is 9.30. The molecule has 0 unspecified atom stereocenters. The van der Waals surface area contributed by atoms with Gasteiger partial charge >= 0.3 is 0 Å². The molecule has 2 aromatic carbocycles. The van der Waals surface area contributed by atoms with Crippen LogP contribution in [0.2, 0.25) is 0 Å². The van der Waals surface area contributed by atoms with E-state index < -0.39 is 5.91 Å². The van der Waals surface area contributed by atoms with Gasteiger partial charge in [-0.15, -0.1) is 0 Å². The van der Waals surface area contributed by atoms with Crippen LogP contribution in [0.5, 0.6) is 0 Å². The molecule has 146 valence electrons. The topological polar surface area (TPSA) is 115 Å². The number of nitrogens with one attached hydrogen (secondary N) is 1. The van der Waals surface area contributed by atoms with Crippen molar-refractivity contribution in [1.82, 2.24) is 29.7 Å². The third-order valence-corrected chi connectivity index (χ3v) is 4.86. The van der Waals surface area contributed by atoms with E-state index in [4.69, 9.17) is 10.7 Å². The van der Waals surface area contributed by atoms with E-state index >= 15 is 0 Å². The fourth-order valence-electron chi connectivity index (χ4n) is 3.36. The van der Waals surface area contributed by atoms with Crippen molar-refractivity contribution in [3.8, 4) is 34.0 Å². The number of nitrogens with zero attached hydrogens (tertiary/aromatic N) is 5. The van der Waals surface area contributed by atoms with Crippen LogP contribution in [0.25, 0.3) is 45.1 Å². The van der Waals surface area contributed by atoms with Gasteiger partial charge in [0.25, 0.3) is 0 Å². The lowest BCUT2D eigenvalue weighted by molar-refractivity contribution is 0.100. The first-order valence-corrected chi connectivity index (χ1v) is 9.30. The molecule has 0 aliphatic heterocycles. The number of benzene rings is 2. The Hall–Kier alpha value is -4.33. The van der Waals surface area contributed by atoms with Crippen LogP contribution in [-0.2, 0) is 7.05 Å². The highest BCUT2D eigenvalue weighted by Crippen LogP contribution is 2.33. The lowest BCUT2D eigenvalue weighted by atomic mass is 10.1. The van der Waals surface area contributed by atoms with E-state index in [1.54, 1.807) is 29.2 Å². The molecule has 0 aliphatic carbocycles. The van der Waals surface area contributed by atoms with Crippen LogP contribution in [0.3, 0.4) is 0 Å². The van der Waals surface area contributed by atoms with Crippen LogP contribution < -0.4 is 5.73 Å². The molecule has 5 rings (SSSR count). The van der Waals surface area contributed by atoms with Crippen molar-refractivity contribution < 1.29 is 4.79 Å². The van der Waals surface area contributed by atoms with E-state index in [0.29, 0.717) is 11.4 Å². The zero-order valence-corrected chi connectivity index (χ0v) is 16.1. The Morgan fingerprint density at radius 3 is 2.40 bits per heavy atom. The molecular weight excluding hydrogens is 378 g/mol. The molecule has 3 heterocycles. The Labute approximate surface area is 171 Å². The number of aryl methyl sites for hydroxylation is 1. The van der Waals surface area contributed by atoms with E-state index in [9.17, 15) is 4.79 Å². The number of imidazole rings is 1. The van der Waals surface area contributed by atoms with Crippen LogP contribution in [-0.4, -0.2) is 35.6 Å². The van der Waals surface area contributed by atoms with Crippen molar-refractivity contribution in [2.75, 3.05) is 0 Å². The van der Waals surface area contributed by atoms with E-state index in [2.05, 4.69) is 20.1 Å². The summed E-state index contributed by atoms with van der Waals surface area (Å²) in [6.07, 6.45) is 5.22. The third kappa shape index (κ3) is 3.10. The Balaban J connectivity index is 1.67. The number of aromatic nitrogens is 6. The van der Waals surface area contributed by atoms with Gasteiger partial charge in [0.2, 0.25) is 5.91 Å². The summed E-state index contributed by atoms with van der Waals surface area (Å²) in [6.45, 7) is 0. The van der Waals surface area contributed by atoms with Gasteiger partial charge in [0.05, 0.1) is 16.7 Å². The van der Waals surface area contributed by atoms with Crippen molar-refractivity contribution in [1.29, 1.82) is 0 Å². The van der Waals surface area contributed by atoms with Crippen molar-refractivity contribution in [2.45, 2.75) is 0 Å². The molecule has 5 aromatic rings. The number of carbonyl (C=O) groups is 1. The maximum absolute atomic E-state index is 11.4. The van der Waals surface area contributed by atoms with Crippen molar-refractivity contribution in [3.63, 3.8) is 0 Å². The van der Waals surface area contributed by atoms with Crippen LogP contribution in [0.15, 0.2) is 67.1 Å². The standard InChI is InChI=1S/C22H17N7O/c1-29-11-8-17(28-29)20-19(15-6-7-16-18(12-15)25-10-9-24-16)26-22(27-20)14-4-2-13(3-5-14)21(23)30/h2-12H,1H3,(H2,23,30)(H,26,27). The van der Waals surface area contributed by atoms with Gasteiger partial charge in [-0.3, -0.25) is 19.4 Å². The molecule has 0 spiro atoms. The molecule has 30 heavy (non-hydrogen) atoms. The number of hydrogen-bond acceptors (Lipinski definition) is 5. The van der Waals surface area contributed by atoms with Gasteiger partial charge in [0.1, 0.15) is 17.2 Å². The Kier molecular flexibility index (Phi) is 4.10. The average Bonchev–Trinajstić information content (AvgIpc) is 3.40. The first kappa shape index (κ1) is 17.7. The van der Waals surface area contributed by atoms with E-state index in [1.807, 2.05) is 49.6 Å². The largest absolute Gasteiger partial charge is 0.366 e. The quantitative estimate of drug-likeness (QED) is 0.485. The second kappa shape index (κ2) is 6.93. The predicted molar refractivity (Wildman–Crippen MR) is 113 cm³/mol. The highest BCUT2D eigenvalue weighted by molar-refractivity contribution is 5.93. The molecule has 3 aromatic heterocycles. The fourth-order valence-corrected chi connectivity index (χ4v) is 3.36. The number of fused-ring (bicyclic) bond motifs is 1. The number of carbonyl (C=O) groups excluding carboxylic acids is 1. The van der Waals surface area contributed by atoms with Crippen molar-refractivity contribution in [3.05, 3.63) is 72.7 Å². The van der Waals surface area contributed by atoms with Gasteiger partial charge in [-0.05, 0) is 30.3 Å². The summed E-state index contributed by atoms with van der Waals surface area (Å²) in [5.74, 6) is 0.203. The minimum atomic E-state index is -0.465. The predicted octanol–water partition coefficient (Wildman–Crippen LogP) is 3.19. The summed E-state index contributed by atoms with van der Waals surface area (Å²) in [5, 5.41) is 4.52. The molecule has 0 saturated heterocycles. The maximum atomic E-state index is 11.4.